The third-order valence-electron chi connectivity index (χ3n) is 5.80. The number of benzene rings is 2. The molecule has 0 saturated heterocycles. The molecule has 0 heterocycles. The summed E-state index contributed by atoms with van der Waals surface area (Å²) in [6.45, 7) is 7.58. The molecule has 2 rings (SSSR count). The molecule has 0 aliphatic heterocycles. The van der Waals surface area contributed by atoms with Crippen molar-refractivity contribution in [1.29, 1.82) is 0 Å². The highest BCUT2D eigenvalue weighted by atomic mass is 35.5. The highest BCUT2D eigenvalue weighted by molar-refractivity contribution is 7.92. The Balaban J connectivity index is 2.43. The zero-order chi connectivity index (χ0) is 26.9. The van der Waals surface area contributed by atoms with Gasteiger partial charge in [-0.15, -0.1) is 0 Å². The van der Waals surface area contributed by atoms with E-state index in [-0.39, 0.29) is 18.5 Å². The minimum Gasteiger partial charge on any atom is -0.494 e. The first-order valence-corrected chi connectivity index (χ1v) is 14.3. The van der Waals surface area contributed by atoms with E-state index in [9.17, 15) is 18.0 Å². The van der Waals surface area contributed by atoms with Gasteiger partial charge < -0.3 is 15.0 Å². The highest BCUT2D eigenvalue weighted by Crippen LogP contribution is 2.24. The molecular weight excluding hydrogens is 502 g/mol. The third-order valence-corrected chi connectivity index (χ3v) is 7.31. The maximum atomic E-state index is 13.7. The number of hydrogen-bond donors (Lipinski definition) is 1. The zero-order valence-corrected chi connectivity index (χ0v) is 23.1. The molecule has 10 heteroatoms. The molecule has 0 aliphatic rings. The van der Waals surface area contributed by atoms with Crippen molar-refractivity contribution < 1.29 is 22.7 Å². The van der Waals surface area contributed by atoms with Crippen molar-refractivity contribution in [3.05, 3.63) is 59.1 Å². The summed E-state index contributed by atoms with van der Waals surface area (Å²) in [5.74, 6) is -0.214. The van der Waals surface area contributed by atoms with Crippen LogP contribution >= 0.6 is 11.6 Å². The number of halogens is 1. The van der Waals surface area contributed by atoms with Crippen LogP contribution in [0.5, 0.6) is 5.75 Å². The topological polar surface area (TPSA) is 96.0 Å². The van der Waals surface area contributed by atoms with Gasteiger partial charge in [0.1, 0.15) is 18.3 Å². The lowest BCUT2D eigenvalue weighted by Crippen LogP contribution is -2.53. The van der Waals surface area contributed by atoms with E-state index < -0.39 is 28.5 Å². The van der Waals surface area contributed by atoms with Crippen LogP contribution in [-0.2, 0) is 26.2 Å². The Labute approximate surface area is 219 Å². The quantitative estimate of drug-likeness (QED) is 0.412. The summed E-state index contributed by atoms with van der Waals surface area (Å²) in [5, 5.41) is 3.40. The van der Waals surface area contributed by atoms with Gasteiger partial charge in [-0.05, 0) is 62.6 Å². The van der Waals surface area contributed by atoms with Crippen LogP contribution < -0.4 is 14.4 Å². The smallest absolute Gasteiger partial charge is 0.244 e. The number of nitrogens with zero attached hydrogens (tertiary/aromatic N) is 2. The normalized spacial score (nSPS) is 12.9. The Morgan fingerprint density at radius 3 is 2.19 bits per heavy atom. The predicted molar refractivity (Wildman–Crippen MR) is 144 cm³/mol. The van der Waals surface area contributed by atoms with Gasteiger partial charge in [0.05, 0.1) is 18.6 Å². The van der Waals surface area contributed by atoms with Crippen molar-refractivity contribution in [2.45, 2.75) is 59.2 Å². The number of rotatable bonds is 13. The fourth-order valence-electron chi connectivity index (χ4n) is 3.66. The lowest BCUT2D eigenvalue weighted by molar-refractivity contribution is -0.140. The summed E-state index contributed by atoms with van der Waals surface area (Å²) in [5.41, 5.74) is 0.985. The third kappa shape index (κ3) is 8.13. The summed E-state index contributed by atoms with van der Waals surface area (Å²) in [4.78, 5) is 28.2. The monoisotopic (exact) mass is 537 g/mol. The number of ether oxygens (including phenoxy) is 1. The van der Waals surface area contributed by atoms with E-state index in [1.165, 1.54) is 4.90 Å². The number of hydrogen-bond acceptors (Lipinski definition) is 5. The number of amides is 2. The molecule has 0 bridgehead atoms. The largest absolute Gasteiger partial charge is 0.494 e. The number of sulfonamides is 1. The second-order valence-corrected chi connectivity index (χ2v) is 10.9. The summed E-state index contributed by atoms with van der Waals surface area (Å²) >= 11 is 6.37. The molecule has 2 amide bonds. The molecule has 2 atom stereocenters. The van der Waals surface area contributed by atoms with Crippen LogP contribution in [0, 0.1) is 0 Å². The van der Waals surface area contributed by atoms with Crippen molar-refractivity contribution in [1.82, 2.24) is 10.2 Å². The molecule has 8 nitrogen and oxygen atoms in total. The fraction of sp³-hybridized carbons (Fsp3) is 0.462. The predicted octanol–water partition coefficient (Wildman–Crippen LogP) is 4.23. The van der Waals surface area contributed by atoms with Crippen LogP contribution in [0.1, 0.15) is 46.1 Å². The molecule has 0 aliphatic carbocycles. The highest BCUT2D eigenvalue weighted by Gasteiger charge is 2.32. The van der Waals surface area contributed by atoms with Crippen LogP contribution in [0.15, 0.2) is 48.5 Å². The van der Waals surface area contributed by atoms with E-state index in [0.717, 1.165) is 17.0 Å². The molecule has 0 unspecified atom stereocenters. The van der Waals surface area contributed by atoms with Gasteiger partial charge in [0, 0.05) is 17.6 Å². The van der Waals surface area contributed by atoms with Crippen molar-refractivity contribution in [2.75, 3.05) is 23.7 Å². The molecule has 0 saturated carbocycles. The first-order valence-electron chi connectivity index (χ1n) is 12.1. The number of carbonyl (C=O) groups excluding carboxylic acids is 2. The number of anilines is 1. The maximum Gasteiger partial charge on any atom is 0.244 e. The van der Waals surface area contributed by atoms with Gasteiger partial charge in [-0.2, -0.15) is 0 Å². The second kappa shape index (κ2) is 13.5. The van der Waals surface area contributed by atoms with Gasteiger partial charge in [0.15, 0.2) is 0 Å². The first kappa shape index (κ1) is 29.5. The van der Waals surface area contributed by atoms with E-state index in [1.54, 1.807) is 48.5 Å². The Morgan fingerprint density at radius 1 is 1.03 bits per heavy atom. The SMILES string of the molecule is CCOc1ccc(N(CC(=O)N(Cc2ccccc2Cl)[C@@H](CC)C(=O)N[C@@H](C)CC)S(C)(=O)=O)cc1. The molecule has 36 heavy (non-hydrogen) atoms. The van der Waals surface area contributed by atoms with Crippen molar-refractivity contribution in [3.8, 4) is 5.75 Å². The van der Waals surface area contributed by atoms with Gasteiger partial charge in [-0.25, -0.2) is 8.42 Å². The molecule has 0 aromatic heterocycles. The molecule has 0 spiro atoms. The Morgan fingerprint density at radius 2 is 1.67 bits per heavy atom. The maximum absolute atomic E-state index is 13.7. The Kier molecular flexibility index (Phi) is 11.0. The molecular formula is C26H36ClN3O5S. The van der Waals surface area contributed by atoms with E-state index in [0.29, 0.717) is 35.1 Å². The molecule has 2 aromatic carbocycles. The first-order chi connectivity index (χ1) is 17.0. The van der Waals surface area contributed by atoms with Crippen LogP contribution in [0.4, 0.5) is 5.69 Å². The van der Waals surface area contributed by atoms with Crippen molar-refractivity contribution in [3.63, 3.8) is 0 Å². The number of carbonyl (C=O) groups is 2. The standard InChI is InChI=1S/C26H36ClN3O5S/c1-6-19(4)28-26(32)24(7-2)29(17-20-11-9-10-12-23(20)27)25(31)18-30(36(5,33)34)21-13-15-22(16-14-21)35-8-3/h9-16,19,24H,6-8,17-18H2,1-5H3,(H,28,32)/t19-,24-/m0/s1. The zero-order valence-electron chi connectivity index (χ0n) is 21.5. The summed E-state index contributed by atoms with van der Waals surface area (Å²) in [6.07, 6.45) is 2.13. The van der Waals surface area contributed by atoms with E-state index in [1.807, 2.05) is 27.7 Å². The number of nitrogens with one attached hydrogen (secondary N) is 1. The summed E-state index contributed by atoms with van der Waals surface area (Å²) in [6, 6.07) is 12.7. The van der Waals surface area contributed by atoms with Gasteiger partial charge in [-0.1, -0.05) is 43.6 Å². The van der Waals surface area contributed by atoms with Crippen LogP contribution in [-0.4, -0.2) is 56.6 Å². The molecule has 198 valence electrons. The van der Waals surface area contributed by atoms with E-state index >= 15 is 0 Å². The lowest BCUT2D eigenvalue weighted by Gasteiger charge is -2.33. The van der Waals surface area contributed by atoms with E-state index in [2.05, 4.69) is 5.32 Å². The summed E-state index contributed by atoms with van der Waals surface area (Å²) < 4.78 is 31.9. The second-order valence-electron chi connectivity index (χ2n) is 8.55. The average Bonchev–Trinajstić information content (AvgIpc) is 2.83. The van der Waals surface area contributed by atoms with Gasteiger partial charge in [0.2, 0.25) is 21.8 Å². The Hall–Kier alpha value is -2.78. The summed E-state index contributed by atoms with van der Waals surface area (Å²) in [7, 11) is -3.81. The van der Waals surface area contributed by atoms with Gasteiger partial charge in [-0.3, -0.25) is 13.9 Å². The molecule has 1 N–H and O–H groups in total. The fourth-order valence-corrected chi connectivity index (χ4v) is 4.70. The molecule has 0 fully saturated rings. The van der Waals surface area contributed by atoms with Crippen LogP contribution in [0.25, 0.3) is 0 Å². The lowest BCUT2D eigenvalue weighted by atomic mass is 10.1. The minimum absolute atomic E-state index is 0.0613. The van der Waals surface area contributed by atoms with Gasteiger partial charge in [0.25, 0.3) is 0 Å². The Bertz CT molecular complexity index is 1120. The molecule has 0 radical (unpaired) electrons. The average molecular weight is 538 g/mol. The van der Waals surface area contributed by atoms with Crippen molar-refractivity contribution >= 4 is 39.1 Å². The van der Waals surface area contributed by atoms with Crippen LogP contribution in [0.2, 0.25) is 5.02 Å². The van der Waals surface area contributed by atoms with Gasteiger partial charge >= 0.3 is 0 Å². The van der Waals surface area contributed by atoms with E-state index in [4.69, 9.17) is 16.3 Å². The minimum atomic E-state index is -3.81. The van der Waals surface area contributed by atoms with Crippen LogP contribution in [0.3, 0.4) is 0 Å². The molecule has 2 aromatic rings. The van der Waals surface area contributed by atoms with Crippen molar-refractivity contribution in [2.24, 2.45) is 0 Å².